The number of fused-ring (bicyclic) bond motifs is 2. The molecule has 4 heteroatoms. The highest BCUT2D eigenvalue weighted by molar-refractivity contribution is 5.94. The highest BCUT2D eigenvalue weighted by Gasteiger charge is 2.32. The fraction of sp³-hybridized carbons (Fsp3) is 0.222. The van der Waals surface area contributed by atoms with Crippen molar-refractivity contribution in [2.24, 2.45) is 7.05 Å². The van der Waals surface area contributed by atoms with Crippen molar-refractivity contribution >= 4 is 22.5 Å². The SMILES string of the molecule is CNC(=O)c1ccc(N2CCc3ccccc3C2c2c(C)n(C)c3ccccc23)cc1. The number of aryl methyl sites for hydroxylation is 1. The van der Waals surface area contributed by atoms with E-state index in [0.717, 1.165) is 18.7 Å². The van der Waals surface area contributed by atoms with E-state index in [0.29, 0.717) is 5.56 Å². The minimum atomic E-state index is -0.0583. The fourth-order valence-electron chi connectivity index (χ4n) is 5.00. The average molecular weight is 410 g/mol. The van der Waals surface area contributed by atoms with Gasteiger partial charge in [0.1, 0.15) is 0 Å². The molecule has 5 rings (SSSR count). The van der Waals surface area contributed by atoms with E-state index < -0.39 is 0 Å². The molecule has 0 bridgehead atoms. The van der Waals surface area contributed by atoms with Crippen LogP contribution in [0.5, 0.6) is 0 Å². The molecule has 0 saturated carbocycles. The first-order valence-corrected chi connectivity index (χ1v) is 10.8. The zero-order valence-electron chi connectivity index (χ0n) is 18.2. The first kappa shape index (κ1) is 19.4. The Balaban J connectivity index is 1.70. The second kappa shape index (κ2) is 7.62. The summed E-state index contributed by atoms with van der Waals surface area (Å²) in [6.45, 7) is 3.16. The van der Waals surface area contributed by atoms with Crippen molar-refractivity contribution in [1.29, 1.82) is 0 Å². The summed E-state index contributed by atoms with van der Waals surface area (Å²) < 4.78 is 2.30. The smallest absolute Gasteiger partial charge is 0.251 e. The number of carbonyl (C=O) groups is 1. The van der Waals surface area contributed by atoms with E-state index in [1.54, 1.807) is 7.05 Å². The van der Waals surface area contributed by atoms with Gasteiger partial charge in [0.2, 0.25) is 0 Å². The number of nitrogens with one attached hydrogen (secondary N) is 1. The van der Waals surface area contributed by atoms with Crippen molar-refractivity contribution < 1.29 is 4.79 Å². The van der Waals surface area contributed by atoms with Gasteiger partial charge in [-0.2, -0.15) is 0 Å². The Morgan fingerprint density at radius 1 is 0.968 bits per heavy atom. The van der Waals surface area contributed by atoms with Gasteiger partial charge in [-0.15, -0.1) is 0 Å². The lowest BCUT2D eigenvalue weighted by Gasteiger charge is -2.39. The molecule has 1 N–H and O–H groups in total. The maximum Gasteiger partial charge on any atom is 0.251 e. The van der Waals surface area contributed by atoms with Crippen LogP contribution in [0.15, 0.2) is 72.8 Å². The van der Waals surface area contributed by atoms with Gasteiger partial charge in [0.15, 0.2) is 0 Å². The van der Waals surface area contributed by atoms with E-state index in [-0.39, 0.29) is 11.9 Å². The summed E-state index contributed by atoms with van der Waals surface area (Å²) in [5.41, 5.74) is 8.51. The molecule has 1 unspecified atom stereocenters. The molecule has 0 aliphatic carbocycles. The fourth-order valence-corrected chi connectivity index (χ4v) is 5.00. The molecule has 1 aliphatic heterocycles. The van der Waals surface area contributed by atoms with Crippen LogP contribution in [0.25, 0.3) is 10.9 Å². The number of anilines is 1. The molecule has 1 aromatic heterocycles. The van der Waals surface area contributed by atoms with E-state index in [1.807, 2.05) is 12.1 Å². The standard InChI is InChI=1S/C27H27N3O/c1-18-25(23-10-6-7-11-24(23)29(18)3)26-22-9-5-4-8-19(22)16-17-30(26)21-14-12-20(13-15-21)27(31)28-2/h4-15,26H,16-17H2,1-3H3,(H,28,31). The van der Waals surface area contributed by atoms with Crippen molar-refractivity contribution in [3.8, 4) is 0 Å². The molecule has 1 atom stereocenters. The molecule has 0 radical (unpaired) electrons. The Kier molecular flexibility index (Phi) is 4.78. The normalized spacial score (nSPS) is 15.7. The third kappa shape index (κ3) is 3.10. The number of para-hydroxylation sites is 1. The summed E-state index contributed by atoms with van der Waals surface area (Å²) >= 11 is 0. The molecular formula is C27H27N3O. The van der Waals surface area contributed by atoms with E-state index in [1.165, 1.54) is 33.3 Å². The Morgan fingerprint density at radius 2 is 1.68 bits per heavy atom. The van der Waals surface area contributed by atoms with Crippen LogP contribution in [0.4, 0.5) is 5.69 Å². The van der Waals surface area contributed by atoms with Crippen molar-refractivity contribution in [3.63, 3.8) is 0 Å². The lowest BCUT2D eigenvalue weighted by atomic mass is 9.86. The van der Waals surface area contributed by atoms with Crippen LogP contribution >= 0.6 is 0 Å². The van der Waals surface area contributed by atoms with Crippen LogP contribution in [-0.2, 0) is 13.5 Å². The van der Waals surface area contributed by atoms with Crippen molar-refractivity contribution in [3.05, 3.63) is 101 Å². The molecule has 0 fully saturated rings. The van der Waals surface area contributed by atoms with Gasteiger partial charge in [-0.25, -0.2) is 0 Å². The highest BCUT2D eigenvalue weighted by Crippen LogP contribution is 2.43. The van der Waals surface area contributed by atoms with Crippen LogP contribution in [0.2, 0.25) is 0 Å². The first-order chi connectivity index (χ1) is 15.1. The maximum absolute atomic E-state index is 12.0. The monoisotopic (exact) mass is 409 g/mol. The third-order valence-electron chi connectivity index (χ3n) is 6.69. The van der Waals surface area contributed by atoms with Crippen molar-refractivity contribution in [2.45, 2.75) is 19.4 Å². The Labute approximate surface area is 183 Å². The van der Waals surface area contributed by atoms with Gasteiger partial charge in [-0.05, 0) is 54.8 Å². The van der Waals surface area contributed by atoms with Gasteiger partial charge in [0.25, 0.3) is 5.91 Å². The molecular weight excluding hydrogens is 382 g/mol. The number of amides is 1. The minimum Gasteiger partial charge on any atom is -0.360 e. The van der Waals surface area contributed by atoms with Gasteiger partial charge in [0, 0.05) is 54.1 Å². The number of hydrogen-bond acceptors (Lipinski definition) is 2. The number of carbonyl (C=O) groups excluding carboxylic acids is 1. The predicted octanol–water partition coefficient (Wildman–Crippen LogP) is 5.00. The van der Waals surface area contributed by atoms with Crippen molar-refractivity contribution in [1.82, 2.24) is 9.88 Å². The third-order valence-corrected chi connectivity index (χ3v) is 6.69. The number of rotatable bonds is 3. The molecule has 4 aromatic rings. The summed E-state index contributed by atoms with van der Waals surface area (Å²) in [7, 11) is 3.82. The number of nitrogens with zero attached hydrogens (tertiary/aromatic N) is 2. The van der Waals surface area contributed by atoms with E-state index in [9.17, 15) is 4.79 Å². The first-order valence-electron chi connectivity index (χ1n) is 10.8. The maximum atomic E-state index is 12.0. The van der Waals surface area contributed by atoms with Gasteiger partial charge in [-0.1, -0.05) is 42.5 Å². The van der Waals surface area contributed by atoms with Crippen LogP contribution in [0.3, 0.4) is 0 Å². The summed E-state index contributed by atoms with van der Waals surface area (Å²) in [5.74, 6) is -0.0583. The zero-order valence-corrected chi connectivity index (χ0v) is 18.2. The number of benzene rings is 3. The molecule has 31 heavy (non-hydrogen) atoms. The Hall–Kier alpha value is -3.53. The van der Waals surface area contributed by atoms with Gasteiger partial charge in [-0.3, -0.25) is 4.79 Å². The predicted molar refractivity (Wildman–Crippen MR) is 127 cm³/mol. The van der Waals surface area contributed by atoms with E-state index in [4.69, 9.17) is 0 Å². The van der Waals surface area contributed by atoms with Crippen LogP contribution in [0.1, 0.15) is 38.8 Å². The van der Waals surface area contributed by atoms with E-state index >= 15 is 0 Å². The highest BCUT2D eigenvalue weighted by atomic mass is 16.1. The largest absolute Gasteiger partial charge is 0.360 e. The number of aromatic nitrogens is 1. The quantitative estimate of drug-likeness (QED) is 0.517. The summed E-state index contributed by atoms with van der Waals surface area (Å²) in [6.07, 6.45) is 1.01. The summed E-state index contributed by atoms with van der Waals surface area (Å²) in [4.78, 5) is 14.5. The molecule has 0 saturated heterocycles. The van der Waals surface area contributed by atoms with E-state index in [2.05, 4.69) is 89.4 Å². The molecule has 1 amide bonds. The summed E-state index contributed by atoms with van der Waals surface area (Å²) in [6, 6.07) is 25.6. The van der Waals surface area contributed by atoms with Crippen LogP contribution < -0.4 is 10.2 Å². The lowest BCUT2D eigenvalue weighted by Crippen LogP contribution is -2.36. The molecule has 156 valence electrons. The molecule has 3 aromatic carbocycles. The molecule has 4 nitrogen and oxygen atoms in total. The van der Waals surface area contributed by atoms with Gasteiger partial charge >= 0.3 is 0 Å². The van der Waals surface area contributed by atoms with Crippen molar-refractivity contribution in [2.75, 3.05) is 18.5 Å². The zero-order chi connectivity index (χ0) is 21.5. The van der Waals surface area contributed by atoms with Crippen LogP contribution in [0, 0.1) is 6.92 Å². The minimum absolute atomic E-state index is 0.0583. The molecule has 0 spiro atoms. The Bertz CT molecular complexity index is 1270. The molecule has 2 heterocycles. The second-order valence-electron chi connectivity index (χ2n) is 8.25. The second-order valence-corrected chi connectivity index (χ2v) is 8.25. The van der Waals surface area contributed by atoms with Gasteiger partial charge < -0.3 is 14.8 Å². The molecule has 1 aliphatic rings. The lowest BCUT2D eigenvalue weighted by molar-refractivity contribution is 0.0963. The Morgan fingerprint density at radius 3 is 2.45 bits per heavy atom. The van der Waals surface area contributed by atoms with Crippen LogP contribution in [-0.4, -0.2) is 24.1 Å². The van der Waals surface area contributed by atoms with Gasteiger partial charge in [0.05, 0.1) is 6.04 Å². The summed E-state index contributed by atoms with van der Waals surface area (Å²) in [5, 5.41) is 4.00. The topological polar surface area (TPSA) is 37.3 Å². The number of hydrogen-bond donors (Lipinski definition) is 1. The average Bonchev–Trinajstić information content (AvgIpc) is 3.08.